The monoisotopic (exact) mass is 417 g/mol. The van der Waals surface area contributed by atoms with Crippen LogP contribution in [0.5, 0.6) is 0 Å². The summed E-state index contributed by atoms with van der Waals surface area (Å²) in [6.45, 7) is 7.27. The Morgan fingerprint density at radius 3 is 2.87 bits per heavy atom. The molecule has 5 rings (SSSR count). The number of rotatable bonds is 6. The van der Waals surface area contributed by atoms with Crippen LogP contribution in [0.3, 0.4) is 0 Å². The Bertz CT molecular complexity index is 1070. The average Bonchev–Trinajstić information content (AvgIpc) is 3.47. The van der Waals surface area contributed by atoms with Crippen molar-refractivity contribution in [3.8, 4) is 11.3 Å². The van der Waals surface area contributed by atoms with Crippen LogP contribution in [0.4, 0.5) is 4.39 Å². The summed E-state index contributed by atoms with van der Waals surface area (Å²) in [5.41, 5.74) is 5.87. The fourth-order valence-electron chi connectivity index (χ4n) is 4.60. The first-order valence-corrected chi connectivity index (χ1v) is 10.9. The van der Waals surface area contributed by atoms with Gasteiger partial charge in [-0.15, -0.1) is 0 Å². The van der Waals surface area contributed by atoms with Gasteiger partial charge in [0.2, 0.25) is 0 Å². The third-order valence-corrected chi connectivity index (χ3v) is 6.30. The molecule has 1 fully saturated rings. The third kappa shape index (κ3) is 4.05. The molecule has 6 heteroatoms. The molecular weight excluding hydrogens is 389 g/mol. The van der Waals surface area contributed by atoms with Crippen LogP contribution in [-0.4, -0.2) is 72.0 Å². The van der Waals surface area contributed by atoms with E-state index in [2.05, 4.69) is 44.9 Å². The van der Waals surface area contributed by atoms with E-state index in [4.69, 9.17) is 4.99 Å². The predicted molar refractivity (Wildman–Crippen MR) is 123 cm³/mol. The van der Waals surface area contributed by atoms with Crippen molar-refractivity contribution in [1.29, 1.82) is 0 Å². The molecule has 1 aromatic carbocycles. The quantitative estimate of drug-likeness (QED) is 0.717. The number of aryl methyl sites for hydroxylation is 1. The molecule has 5 nitrogen and oxygen atoms in total. The van der Waals surface area contributed by atoms with Gasteiger partial charge in [-0.2, -0.15) is 0 Å². The molecule has 0 amide bonds. The van der Waals surface area contributed by atoms with E-state index in [0.717, 1.165) is 61.7 Å². The zero-order valence-electron chi connectivity index (χ0n) is 18.1. The molecule has 1 aromatic heterocycles. The fourth-order valence-corrected chi connectivity index (χ4v) is 4.60. The lowest BCUT2D eigenvalue weighted by atomic mass is 9.99. The van der Waals surface area contributed by atoms with Crippen molar-refractivity contribution in [1.82, 2.24) is 19.7 Å². The standard InChI is InChI=1S/C25H28FN5/c1-18-13-19(6-7-22(18)26)25-21(5-3-8-27-25)20-14-23-24(15-20)31(16-28-23)10-4-9-30-12-11-29(2)17-30/h3,5-8,13-16,23H,4,9-12,17H2,1-2H3. The molecule has 2 aromatic rings. The summed E-state index contributed by atoms with van der Waals surface area (Å²) in [4.78, 5) is 16.5. The molecule has 2 aliphatic heterocycles. The largest absolute Gasteiger partial charge is 0.334 e. The van der Waals surface area contributed by atoms with Gasteiger partial charge in [-0.1, -0.05) is 6.07 Å². The van der Waals surface area contributed by atoms with Crippen molar-refractivity contribution in [3.05, 3.63) is 71.3 Å². The Balaban J connectivity index is 1.32. The second kappa shape index (κ2) is 8.36. The molecule has 0 radical (unpaired) electrons. The number of aliphatic imine (C=N–C) groups is 1. The normalized spacial score (nSPS) is 21.0. The number of halogens is 1. The minimum Gasteiger partial charge on any atom is -0.334 e. The van der Waals surface area contributed by atoms with Crippen LogP contribution in [0.25, 0.3) is 16.8 Å². The van der Waals surface area contributed by atoms with Crippen molar-refractivity contribution in [3.63, 3.8) is 0 Å². The molecule has 160 valence electrons. The summed E-state index contributed by atoms with van der Waals surface area (Å²) in [5, 5.41) is 0. The van der Waals surface area contributed by atoms with Crippen LogP contribution in [0.1, 0.15) is 17.5 Å². The van der Waals surface area contributed by atoms with E-state index < -0.39 is 0 Å². The molecule has 31 heavy (non-hydrogen) atoms. The highest BCUT2D eigenvalue weighted by Gasteiger charge is 2.28. The van der Waals surface area contributed by atoms with Gasteiger partial charge in [0.15, 0.2) is 0 Å². The van der Waals surface area contributed by atoms with Gasteiger partial charge in [0, 0.05) is 49.2 Å². The molecule has 1 saturated heterocycles. The number of allylic oxidation sites excluding steroid dienone is 2. The van der Waals surface area contributed by atoms with E-state index in [1.807, 2.05) is 18.5 Å². The van der Waals surface area contributed by atoms with Crippen LogP contribution >= 0.6 is 0 Å². The minimum atomic E-state index is -0.191. The van der Waals surface area contributed by atoms with Crippen molar-refractivity contribution >= 4 is 11.9 Å². The van der Waals surface area contributed by atoms with E-state index in [1.54, 1.807) is 19.2 Å². The molecule has 0 N–H and O–H groups in total. The fraction of sp³-hybridized carbons (Fsp3) is 0.360. The van der Waals surface area contributed by atoms with E-state index in [9.17, 15) is 4.39 Å². The van der Waals surface area contributed by atoms with Crippen LogP contribution in [0.15, 0.2) is 59.4 Å². The first-order valence-electron chi connectivity index (χ1n) is 10.9. The number of likely N-dealkylation sites (N-methyl/N-ethyl adjacent to an activating group) is 1. The van der Waals surface area contributed by atoms with Crippen LogP contribution < -0.4 is 0 Å². The van der Waals surface area contributed by atoms with E-state index in [1.165, 1.54) is 11.8 Å². The lowest BCUT2D eigenvalue weighted by Gasteiger charge is -2.20. The van der Waals surface area contributed by atoms with Crippen molar-refractivity contribution in [2.45, 2.75) is 19.4 Å². The number of aromatic nitrogens is 1. The summed E-state index contributed by atoms with van der Waals surface area (Å²) in [5.74, 6) is -0.191. The van der Waals surface area contributed by atoms with Gasteiger partial charge in [0.1, 0.15) is 11.9 Å². The SMILES string of the molecule is Cc1cc(-c2ncccc2C2=CC3N=CN(CCCN4CCN(C)C4)C3=C2)ccc1F. The number of pyridine rings is 1. The molecular formula is C25H28FN5. The highest BCUT2D eigenvalue weighted by atomic mass is 19.1. The highest BCUT2D eigenvalue weighted by Crippen LogP contribution is 2.36. The Morgan fingerprint density at radius 1 is 1.16 bits per heavy atom. The maximum absolute atomic E-state index is 13.8. The second-order valence-corrected chi connectivity index (χ2v) is 8.65. The summed E-state index contributed by atoms with van der Waals surface area (Å²) < 4.78 is 13.8. The van der Waals surface area contributed by atoms with Crippen LogP contribution in [0, 0.1) is 12.7 Å². The highest BCUT2D eigenvalue weighted by molar-refractivity contribution is 5.88. The molecule has 3 heterocycles. The average molecular weight is 418 g/mol. The predicted octanol–water partition coefficient (Wildman–Crippen LogP) is 3.78. The van der Waals surface area contributed by atoms with Gasteiger partial charge in [-0.05, 0) is 67.9 Å². The van der Waals surface area contributed by atoms with E-state index >= 15 is 0 Å². The zero-order chi connectivity index (χ0) is 21.4. The lowest BCUT2D eigenvalue weighted by Crippen LogP contribution is -2.28. The number of nitrogens with zero attached hydrogens (tertiary/aromatic N) is 5. The summed E-state index contributed by atoms with van der Waals surface area (Å²) >= 11 is 0. The molecule has 3 aliphatic rings. The summed E-state index contributed by atoms with van der Waals surface area (Å²) in [7, 11) is 2.17. The molecule has 1 unspecified atom stereocenters. The number of fused-ring (bicyclic) bond motifs is 1. The maximum Gasteiger partial charge on any atom is 0.126 e. The van der Waals surface area contributed by atoms with Crippen LogP contribution in [0.2, 0.25) is 0 Å². The number of benzene rings is 1. The smallest absolute Gasteiger partial charge is 0.126 e. The molecule has 0 bridgehead atoms. The Hall–Kier alpha value is -2.83. The van der Waals surface area contributed by atoms with Crippen molar-refractivity contribution < 1.29 is 4.39 Å². The van der Waals surface area contributed by atoms with Gasteiger partial charge >= 0.3 is 0 Å². The topological polar surface area (TPSA) is 35.0 Å². The Labute approximate surface area is 183 Å². The Kier molecular flexibility index (Phi) is 5.42. The van der Waals surface area contributed by atoms with E-state index in [-0.39, 0.29) is 11.9 Å². The third-order valence-electron chi connectivity index (χ3n) is 6.30. The Morgan fingerprint density at radius 2 is 2.06 bits per heavy atom. The molecule has 0 spiro atoms. The van der Waals surface area contributed by atoms with Crippen molar-refractivity contribution in [2.24, 2.45) is 4.99 Å². The summed E-state index contributed by atoms with van der Waals surface area (Å²) in [6, 6.07) is 9.31. The lowest BCUT2D eigenvalue weighted by molar-refractivity contribution is 0.266. The molecule has 1 aliphatic carbocycles. The van der Waals surface area contributed by atoms with E-state index in [0.29, 0.717) is 5.56 Å². The zero-order valence-corrected chi connectivity index (χ0v) is 18.1. The van der Waals surface area contributed by atoms with Crippen LogP contribution in [-0.2, 0) is 0 Å². The maximum atomic E-state index is 13.8. The summed E-state index contributed by atoms with van der Waals surface area (Å²) in [6.07, 6.45) is 9.33. The van der Waals surface area contributed by atoms with Gasteiger partial charge in [0.05, 0.1) is 18.7 Å². The van der Waals surface area contributed by atoms with Gasteiger partial charge < -0.3 is 4.90 Å². The first kappa shape index (κ1) is 20.1. The number of hydrogen-bond acceptors (Lipinski definition) is 5. The van der Waals surface area contributed by atoms with Gasteiger partial charge in [-0.3, -0.25) is 19.8 Å². The molecule has 1 atom stereocenters. The second-order valence-electron chi connectivity index (χ2n) is 8.65. The first-order chi connectivity index (χ1) is 15.1. The van der Waals surface area contributed by atoms with Crippen molar-refractivity contribution in [2.75, 3.05) is 39.9 Å². The minimum absolute atomic E-state index is 0.0796. The van der Waals surface area contributed by atoms with Gasteiger partial charge in [-0.25, -0.2) is 4.39 Å². The number of hydrogen-bond donors (Lipinski definition) is 0. The molecule has 0 saturated carbocycles. The van der Waals surface area contributed by atoms with Gasteiger partial charge in [0.25, 0.3) is 0 Å².